The molecule has 1 amide bonds. The molecule has 2 aromatic rings. The van der Waals surface area contributed by atoms with Crippen molar-refractivity contribution in [3.63, 3.8) is 0 Å². The Hall–Kier alpha value is -2.84. The van der Waals surface area contributed by atoms with Crippen molar-refractivity contribution in [1.82, 2.24) is 14.8 Å². The van der Waals surface area contributed by atoms with E-state index < -0.39 is 11.0 Å². The van der Waals surface area contributed by atoms with Crippen LogP contribution in [0.2, 0.25) is 0 Å². The SMILES string of the molecule is COc1cccnc1CC(=O)N1CC[C@@]2(O)[C@H]3Cc4ccc(OC)c5c4[C@@]2(CCN3CC2CC2)[C@H](C1)O5. The normalized spacial score (nSPS) is 31.8. The van der Waals surface area contributed by atoms with Crippen LogP contribution in [0.25, 0.3) is 0 Å². The van der Waals surface area contributed by atoms with Crippen molar-refractivity contribution in [2.45, 2.75) is 61.7 Å². The quantitative estimate of drug-likeness (QED) is 0.645. The maximum absolute atomic E-state index is 13.7. The van der Waals surface area contributed by atoms with Crippen LogP contribution < -0.4 is 14.2 Å². The molecule has 8 heteroatoms. The summed E-state index contributed by atoms with van der Waals surface area (Å²) in [5.74, 6) is 2.81. The predicted molar refractivity (Wildman–Crippen MR) is 136 cm³/mol. The van der Waals surface area contributed by atoms with Gasteiger partial charge in [-0.2, -0.15) is 0 Å². The van der Waals surface area contributed by atoms with Gasteiger partial charge in [0.25, 0.3) is 0 Å². The van der Waals surface area contributed by atoms with Crippen molar-refractivity contribution in [2.75, 3.05) is 40.4 Å². The number of piperidine rings is 1. The Morgan fingerprint density at radius 2 is 2.00 bits per heavy atom. The Morgan fingerprint density at radius 3 is 2.78 bits per heavy atom. The highest BCUT2D eigenvalue weighted by Crippen LogP contribution is 2.63. The molecule has 1 spiro atoms. The fraction of sp³-hybridized carbons (Fsp3) is 0.586. The van der Waals surface area contributed by atoms with Crippen LogP contribution in [0.1, 0.15) is 42.5 Å². The largest absolute Gasteiger partial charge is 0.495 e. The van der Waals surface area contributed by atoms with Gasteiger partial charge in [0.1, 0.15) is 11.9 Å². The fourth-order valence-corrected chi connectivity index (χ4v) is 7.78. The molecule has 8 nitrogen and oxygen atoms in total. The lowest BCUT2D eigenvalue weighted by Gasteiger charge is -2.60. The lowest BCUT2D eigenvalue weighted by atomic mass is 9.52. The van der Waals surface area contributed by atoms with Crippen LogP contribution in [0.15, 0.2) is 30.5 Å². The molecule has 1 saturated carbocycles. The maximum atomic E-state index is 13.7. The second kappa shape index (κ2) is 8.33. The lowest BCUT2D eigenvalue weighted by molar-refractivity contribution is -0.162. The average molecular weight is 506 g/mol. The fourth-order valence-electron chi connectivity index (χ4n) is 7.78. The minimum Gasteiger partial charge on any atom is -0.495 e. The lowest BCUT2D eigenvalue weighted by Crippen LogP contribution is -2.74. The molecule has 3 aliphatic heterocycles. The van der Waals surface area contributed by atoms with Gasteiger partial charge in [-0.25, -0.2) is 0 Å². The van der Waals surface area contributed by atoms with Crippen LogP contribution in [0.5, 0.6) is 17.2 Å². The minimum atomic E-state index is -0.979. The molecular weight excluding hydrogens is 470 g/mol. The number of carbonyl (C=O) groups excluding carboxylic acids is 1. The molecule has 37 heavy (non-hydrogen) atoms. The second-order valence-electron chi connectivity index (χ2n) is 11.5. The zero-order valence-corrected chi connectivity index (χ0v) is 21.6. The summed E-state index contributed by atoms with van der Waals surface area (Å²) in [6, 6.07) is 7.82. The Kier molecular flexibility index (Phi) is 5.24. The van der Waals surface area contributed by atoms with Crippen molar-refractivity contribution in [1.29, 1.82) is 0 Å². The van der Waals surface area contributed by atoms with Gasteiger partial charge in [-0.15, -0.1) is 0 Å². The number of amides is 1. The first-order valence-electron chi connectivity index (χ1n) is 13.6. The van der Waals surface area contributed by atoms with Crippen LogP contribution >= 0.6 is 0 Å². The van der Waals surface area contributed by atoms with Gasteiger partial charge >= 0.3 is 0 Å². The second-order valence-corrected chi connectivity index (χ2v) is 11.5. The van der Waals surface area contributed by atoms with Crippen LogP contribution in [0, 0.1) is 5.92 Å². The topological polar surface area (TPSA) is 84.4 Å². The van der Waals surface area contributed by atoms with E-state index in [9.17, 15) is 9.90 Å². The summed E-state index contributed by atoms with van der Waals surface area (Å²) < 4.78 is 17.9. The number of hydrogen-bond donors (Lipinski definition) is 1. The number of likely N-dealkylation sites (tertiary alicyclic amines) is 2. The van der Waals surface area contributed by atoms with Crippen LogP contribution in [0.3, 0.4) is 0 Å². The Morgan fingerprint density at radius 1 is 1.16 bits per heavy atom. The number of carbonyl (C=O) groups is 1. The van der Waals surface area contributed by atoms with E-state index in [4.69, 9.17) is 14.2 Å². The van der Waals surface area contributed by atoms with E-state index in [1.807, 2.05) is 17.0 Å². The molecule has 2 bridgehead atoms. The van der Waals surface area contributed by atoms with Crippen molar-refractivity contribution in [3.8, 4) is 17.2 Å². The molecule has 0 unspecified atom stereocenters. The Bertz CT molecular complexity index is 1250. The number of methoxy groups -OCH3 is 2. The highest BCUT2D eigenvalue weighted by atomic mass is 16.5. The van der Waals surface area contributed by atoms with E-state index in [1.54, 1.807) is 26.5 Å². The molecule has 3 fully saturated rings. The van der Waals surface area contributed by atoms with Gasteiger partial charge in [0.05, 0.1) is 43.9 Å². The third-order valence-corrected chi connectivity index (χ3v) is 9.73. The number of aromatic nitrogens is 1. The molecule has 4 atom stereocenters. The van der Waals surface area contributed by atoms with Crippen molar-refractivity contribution in [3.05, 3.63) is 47.3 Å². The van der Waals surface area contributed by atoms with Crippen LogP contribution in [-0.4, -0.2) is 83.9 Å². The molecule has 2 saturated heterocycles. The van der Waals surface area contributed by atoms with Gasteiger partial charge in [-0.05, 0) is 68.3 Å². The van der Waals surface area contributed by atoms with E-state index >= 15 is 0 Å². The number of pyridine rings is 1. The smallest absolute Gasteiger partial charge is 0.228 e. The summed E-state index contributed by atoms with van der Waals surface area (Å²) in [5.41, 5.74) is 1.48. The Labute approximate surface area is 217 Å². The predicted octanol–water partition coefficient (Wildman–Crippen LogP) is 2.34. The van der Waals surface area contributed by atoms with E-state index in [-0.39, 0.29) is 24.5 Å². The zero-order valence-electron chi connectivity index (χ0n) is 21.6. The summed E-state index contributed by atoms with van der Waals surface area (Å²) in [6.45, 7) is 2.92. The minimum absolute atomic E-state index is 0.0192. The third kappa shape index (κ3) is 3.27. The first-order chi connectivity index (χ1) is 18.0. The number of hydrogen-bond acceptors (Lipinski definition) is 7. The molecule has 1 aromatic carbocycles. The van der Waals surface area contributed by atoms with E-state index in [2.05, 4.69) is 16.0 Å². The van der Waals surface area contributed by atoms with Gasteiger partial charge in [-0.3, -0.25) is 14.7 Å². The first-order valence-corrected chi connectivity index (χ1v) is 13.6. The van der Waals surface area contributed by atoms with Crippen molar-refractivity contribution in [2.24, 2.45) is 5.92 Å². The molecule has 1 N–H and O–H groups in total. The van der Waals surface area contributed by atoms with Gasteiger partial charge in [-0.1, -0.05) is 6.07 Å². The van der Waals surface area contributed by atoms with Gasteiger partial charge in [0.15, 0.2) is 11.5 Å². The number of benzene rings is 1. The monoisotopic (exact) mass is 505 g/mol. The van der Waals surface area contributed by atoms with Crippen molar-refractivity contribution < 1.29 is 24.1 Å². The summed E-state index contributed by atoms with van der Waals surface area (Å²) in [7, 11) is 3.26. The summed E-state index contributed by atoms with van der Waals surface area (Å²) in [5, 5.41) is 12.8. The van der Waals surface area contributed by atoms with E-state index in [0.29, 0.717) is 36.7 Å². The Balaban J connectivity index is 1.28. The number of aliphatic hydroxyl groups is 1. The zero-order chi connectivity index (χ0) is 25.4. The molecule has 4 heterocycles. The van der Waals surface area contributed by atoms with Gasteiger partial charge in [0, 0.05) is 30.9 Å². The number of nitrogens with zero attached hydrogens (tertiary/aromatic N) is 3. The highest BCUT2D eigenvalue weighted by molar-refractivity contribution is 5.79. The van der Waals surface area contributed by atoms with E-state index in [1.165, 1.54) is 18.4 Å². The maximum Gasteiger partial charge on any atom is 0.228 e. The number of rotatable bonds is 6. The van der Waals surface area contributed by atoms with Crippen LogP contribution in [0.4, 0.5) is 0 Å². The highest BCUT2D eigenvalue weighted by Gasteiger charge is 2.71. The molecule has 5 aliphatic rings. The molecule has 0 radical (unpaired) electrons. The standard InChI is InChI=1S/C29H35N3O5/c1-35-21-4-3-11-30-20(21)15-25(33)32-13-10-29(34)23-14-19-7-8-22(36-2)27-26(19)28(29,24(17-32)37-27)9-12-31(23)16-18-5-6-18/h3-4,7-8,11,18,23-24,34H,5-6,9-10,12-17H2,1-2H3/t23-,24+,28-,29-/m1/s1. The van der Waals surface area contributed by atoms with E-state index in [0.717, 1.165) is 43.2 Å². The van der Waals surface area contributed by atoms with Crippen LogP contribution in [-0.2, 0) is 23.1 Å². The molecule has 7 rings (SSSR count). The van der Waals surface area contributed by atoms with Gasteiger partial charge < -0.3 is 24.2 Å². The first kappa shape index (κ1) is 23.3. The molecule has 196 valence electrons. The summed E-state index contributed by atoms with van der Waals surface area (Å²) in [6.07, 6.45) is 6.23. The molecule has 2 aliphatic carbocycles. The number of ether oxygens (including phenoxy) is 3. The summed E-state index contributed by atoms with van der Waals surface area (Å²) >= 11 is 0. The summed E-state index contributed by atoms with van der Waals surface area (Å²) in [4.78, 5) is 22.5. The third-order valence-electron chi connectivity index (χ3n) is 9.73. The van der Waals surface area contributed by atoms with Crippen molar-refractivity contribution >= 4 is 5.91 Å². The average Bonchev–Trinajstić information content (AvgIpc) is 3.67. The molecule has 1 aromatic heterocycles. The van der Waals surface area contributed by atoms with Gasteiger partial charge in [0.2, 0.25) is 5.91 Å². The molecular formula is C29H35N3O5.